The van der Waals surface area contributed by atoms with Gasteiger partial charge >= 0.3 is 0 Å². The fraction of sp³-hybridized carbons (Fsp3) is 0.0526. The van der Waals surface area contributed by atoms with Crippen molar-refractivity contribution < 1.29 is 4.79 Å². The van der Waals surface area contributed by atoms with Crippen LogP contribution in [0.4, 0.5) is 5.82 Å². The smallest absolute Gasteiger partial charge is 0.279 e. The van der Waals surface area contributed by atoms with Gasteiger partial charge in [0.15, 0.2) is 5.69 Å². The first-order chi connectivity index (χ1) is 13.2. The van der Waals surface area contributed by atoms with Gasteiger partial charge < -0.3 is 5.32 Å². The maximum atomic E-state index is 12.5. The molecule has 0 unspecified atom stereocenters. The highest BCUT2D eigenvalue weighted by Gasteiger charge is 2.14. The molecule has 0 spiro atoms. The second kappa shape index (κ2) is 7.43. The SMILES string of the molecule is O=C(Nc1ccnn1Cc1ccccc1Cl)c1cnn(-c2ccccc2)n1. The standard InChI is InChI=1S/C19H15ClN6O/c20-16-9-5-4-6-14(16)13-25-18(10-11-21-25)23-19(27)17-12-22-26(24-17)15-7-2-1-3-8-15/h1-12H,13H2,(H,23,27). The van der Waals surface area contributed by atoms with Gasteiger partial charge in [0, 0.05) is 11.1 Å². The summed E-state index contributed by atoms with van der Waals surface area (Å²) in [7, 11) is 0. The Bertz CT molecular complexity index is 1070. The van der Waals surface area contributed by atoms with Crippen LogP contribution in [0.25, 0.3) is 5.69 Å². The van der Waals surface area contributed by atoms with Gasteiger partial charge in [-0.15, -0.1) is 5.10 Å². The average molecular weight is 379 g/mol. The number of hydrogen-bond donors (Lipinski definition) is 1. The summed E-state index contributed by atoms with van der Waals surface area (Å²) in [6.45, 7) is 0.443. The second-order valence-electron chi connectivity index (χ2n) is 5.77. The van der Waals surface area contributed by atoms with Crippen molar-refractivity contribution in [3.8, 4) is 5.69 Å². The number of anilines is 1. The molecule has 0 radical (unpaired) electrons. The summed E-state index contributed by atoms with van der Waals surface area (Å²) in [5.74, 6) is 0.187. The first-order valence-corrected chi connectivity index (χ1v) is 8.63. The summed E-state index contributed by atoms with van der Waals surface area (Å²) in [6, 6.07) is 18.6. The van der Waals surface area contributed by atoms with Gasteiger partial charge in [-0.3, -0.25) is 4.79 Å². The molecule has 27 heavy (non-hydrogen) atoms. The highest BCUT2D eigenvalue weighted by molar-refractivity contribution is 6.31. The Balaban J connectivity index is 1.51. The zero-order chi connectivity index (χ0) is 18.6. The summed E-state index contributed by atoms with van der Waals surface area (Å²) < 4.78 is 1.67. The lowest BCUT2D eigenvalue weighted by Crippen LogP contribution is -2.17. The van der Waals surface area contributed by atoms with Crippen LogP contribution >= 0.6 is 11.6 Å². The van der Waals surface area contributed by atoms with Crippen LogP contribution in [-0.4, -0.2) is 30.7 Å². The van der Waals surface area contributed by atoms with Crippen LogP contribution in [0.15, 0.2) is 73.1 Å². The number of para-hydroxylation sites is 1. The van der Waals surface area contributed by atoms with Crippen molar-refractivity contribution in [1.29, 1.82) is 0 Å². The van der Waals surface area contributed by atoms with E-state index in [0.717, 1.165) is 11.3 Å². The molecule has 1 N–H and O–H groups in total. The minimum atomic E-state index is -0.363. The molecule has 7 nitrogen and oxygen atoms in total. The number of carbonyl (C=O) groups excluding carboxylic acids is 1. The van der Waals surface area contributed by atoms with Crippen LogP contribution in [0.2, 0.25) is 5.02 Å². The number of benzene rings is 2. The van der Waals surface area contributed by atoms with Crippen LogP contribution in [0.3, 0.4) is 0 Å². The molecule has 4 aromatic rings. The Morgan fingerprint density at radius 1 is 1.00 bits per heavy atom. The summed E-state index contributed by atoms with van der Waals surface area (Å²) in [5, 5.41) is 16.1. The number of nitrogens with zero attached hydrogens (tertiary/aromatic N) is 5. The Hall–Kier alpha value is -3.45. The quantitative estimate of drug-likeness (QED) is 0.577. The van der Waals surface area contributed by atoms with Gasteiger partial charge in [-0.1, -0.05) is 48.0 Å². The van der Waals surface area contributed by atoms with Crippen LogP contribution in [0.5, 0.6) is 0 Å². The molecule has 0 aliphatic carbocycles. The van der Waals surface area contributed by atoms with Crippen LogP contribution in [0.1, 0.15) is 16.1 Å². The summed E-state index contributed by atoms with van der Waals surface area (Å²) in [5.41, 5.74) is 1.90. The van der Waals surface area contributed by atoms with E-state index in [1.54, 1.807) is 16.9 Å². The van der Waals surface area contributed by atoms with E-state index in [9.17, 15) is 4.79 Å². The maximum Gasteiger partial charge on any atom is 0.279 e. The first-order valence-electron chi connectivity index (χ1n) is 8.25. The summed E-state index contributed by atoms with van der Waals surface area (Å²) in [6.07, 6.45) is 3.05. The van der Waals surface area contributed by atoms with Crippen molar-refractivity contribution in [3.63, 3.8) is 0 Å². The zero-order valence-electron chi connectivity index (χ0n) is 14.2. The minimum absolute atomic E-state index is 0.212. The normalized spacial score (nSPS) is 10.7. The lowest BCUT2D eigenvalue weighted by Gasteiger charge is -2.09. The molecule has 4 rings (SSSR count). The molecule has 2 aromatic heterocycles. The van der Waals surface area contributed by atoms with Crippen molar-refractivity contribution >= 4 is 23.3 Å². The van der Waals surface area contributed by atoms with Crippen LogP contribution in [-0.2, 0) is 6.54 Å². The highest BCUT2D eigenvalue weighted by Crippen LogP contribution is 2.18. The molecule has 0 bridgehead atoms. The van der Waals surface area contributed by atoms with E-state index in [2.05, 4.69) is 20.6 Å². The molecular weight excluding hydrogens is 364 g/mol. The molecule has 134 valence electrons. The molecule has 0 atom stereocenters. The van der Waals surface area contributed by atoms with Crippen molar-refractivity contribution in [2.45, 2.75) is 6.54 Å². The van der Waals surface area contributed by atoms with Crippen molar-refractivity contribution in [3.05, 3.63) is 89.3 Å². The van der Waals surface area contributed by atoms with Gasteiger partial charge in [-0.05, 0) is 23.8 Å². The third kappa shape index (κ3) is 3.73. The molecular formula is C19H15ClN6O. The van der Waals surface area contributed by atoms with Crippen molar-refractivity contribution in [1.82, 2.24) is 24.8 Å². The van der Waals surface area contributed by atoms with E-state index in [4.69, 9.17) is 11.6 Å². The number of hydrogen-bond acceptors (Lipinski definition) is 4. The minimum Gasteiger partial charge on any atom is -0.305 e. The molecule has 0 aliphatic heterocycles. The van der Waals surface area contributed by atoms with E-state index in [1.807, 2.05) is 54.6 Å². The van der Waals surface area contributed by atoms with E-state index >= 15 is 0 Å². The largest absolute Gasteiger partial charge is 0.305 e. The monoisotopic (exact) mass is 378 g/mol. The van der Waals surface area contributed by atoms with Gasteiger partial charge in [0.1, 0.15) is 5.82 Å². The fourth-order valence-electron chi connectivity index (χ4n) is 2.59. The lowest BCUT2D eigenvalue weighted by molar-refractivity contribution is 0.102. The fourth-order valence-corrected chi connectivity index (χ4v) is 2.78. The molecule has 0 aliphatic rings. The van der Waals surface area contributed by atoms with Crippen molar-refractivity contribution in [2.75, 3.05) is 5.32 Å². The highest BCUT2D eigenvalue weighted by atomic mass is 35.5. The number of halogens is 1. The number of rotatable bonds is 5. The van der Waals surface area contributed by atoms with E-state index < -0.39 is 0 Å². The number of amides is 1. The number of nitrogens with one attached hydrogen (secondary N) is 1. The van der Waals surface area contributed by atoms with Gasteiger partial charge in [0.2, 0.25) is 0 Å². The lowest BCUT2D eigenvalue weighted by atomic mass is 10.2. The Morgan fingerprint density at radius 3 is 2.59 bits per heavy atom. The molecule has 0 saturated carbocycles. The van der Waals surface area contributed by atoms with E-state index in [1.165, 1.54) is 11.0 Å². The molecule has 2 aromatic carbocycles. The number of aromatic nitrogens is 5. The summed E-state index contributed by atoms with van der Waals surface area (Å²) >= 11 is 6.21. The molecule has 0 fully saturated rings. The summed E-state index contributed by atoms with van der Waals surface area (Å²) in [4.78, 5) is 13.9. The Labute approximate surface area is 160 Å². The molecule has 1 amide bonds. The van der Waals surface area contributed by atoms with Gasteiger partial charge in [-0.25, -0.2) is 4.68 Å². The van der Waals surface area contributed by atoms with Gasteiger partial charge in [0.05, 0.1) is 24.6 Å². The van der Waals surface area contributed by atoms with Gasteiger partial charge in [0.25, 0.3) is 5.91 Å². The Kier molecular flexibility index (Phi) is 4.67. The van der Waals surface area contributed by atoms with E-state index in [0.29, 0.717) is 17.4 Å². The van der Waals surface area contributed by atoms with E-state index in [-0.39, 0.29) is 11.6 Å². The van der Waals surface area contributed by atoms with Crippen LogP contribution < -0.4 is 5.32 Å². The molecule has 0 saturated heterocycles. The third-order valence-electron chi connectivity index (χ3n) is 3.95. The predicted octanol–water partition coefficient (Wildman–Crippen LogP) is 3.42. The van der Waals surface area contributed by atoms with Crippen molar-refractivity contribution in [2.24, 2.45) is 0 Å². The van der Waals surface area contributed by atoms with Crippen LogP contribution in [0, 0.1) is 0 Å². The molecule has 8 heteroatoms. The maximum absolute atomic E-state index is 12.5. The Morgan fingerprint density at radius 2 is 1.78 bits per heavy atom. The zero-order valence-corrected chi connectivity index (χ0v) is 14.9. The molecule has 2 heterocycles. The first kappa shape index (κ1) is 17.0. The third-order valence-corrected chi connectivity index (χ3v) is 4.32. The topological polar surface area (TPSA) is 77.6 Å². The second-order valence-corrected chi connectivity index (χ2v) is 6.18. The average Bonchev–Trinajstić information content (AvgIpc) is 3.34. The number of carbonyl (C=O) groups is 1. The van der Waals surface area contributed by atoms with Gasteiger partial charge in [-0.2, -0.15) is 15.0 Å². The predicted molar refractivity (Wildman–Crippen MR) is 102 cm³/mol.